The van der Waals surface area contributed by atoms with E-state index in [4.69, 9.17) is 0 Å². The van der Waals surface area contributed by atoms with Crippen LogP contribution < -0.4 is 0 Å². The molecular weight excluding hydrogens is 164 g/mol. The number of hydrogen-bond acceptors (Lipinski definition) is 2. The highest BCUT2D eigenvalue weighted by Crippen LogP contribution is 2.29. The summed E-state index contributed by atoms with van der Waals surface area (Å²) in [6, 6.07) is 0.576. The van der Waals surface area contributed by atoms with E-state index in [1.165, 1.54) is 25.7 Å². The van der Waals surface area contributed by atoms with Crippen molar-refractivity contribution in [2.24, 2.45) is 0 Å². The quantitative estimate of drug-likeness (QED) is 0.756. The molecule has 1 aromatic heterocycles. The van der Waals surface area contributed by atoms with E-state index in [2.05, 4.69) is 5.10 Å². The average molecular weight is 180 g/mol. The third kappa shape index (κ3) is 1.75. The van der Waals surface area contributed by atoms with Crippen molar-refractivity contribution in [2.75, 3.05) is 0 Å². The van der Waals surface area contributed by atoms with Crippen molar-refractivity contribution in [1.29, 1.82) is 0 Å². The lowest BCUT2D eigenvalue weighted by atomic mass is 10.2. The van der Waals surface area contributed by atoms with Crippen LogP contribution in [0.25, 0.3) is 0 Å². The first kappa shape index (κ1) is 8.75. The highest BCUT2D eigenvalue weighted by Gasteiger charge is 2.17. The number of aliphatic hydroxyl groups is 1. The van der Waals surface area contributed by atoms with Crippen molar-refractivity contribution in [3.05, 3.63) is 18.0 Å². The van der Waals surface area contributed by atoms with Crippen molar-refractivity contribution >= 4 is 0 Å². The Bertz CT molecular complexity index is 274. The lowest BCUT2D eigenvalue weighted by molar-refractivity contribution is 0.199. The molecule has 1 aromatic rings. The summed E-state index contributed by atoms with van der Waals surface area (Å²) in [5.41, 5.74) is 0.923. The van der Waals surface area contributed by atoms with Crippen LogP contribution in [-0.4, -0.2) is 14.9 Å². The molecule has 13 heavy (non-hydrogen) atoms. The normalized spacial score (nSPS) is 20.8. The topological polar surface area (TPSA) is 38.1 Å². The molecule has 3 heteroatoms. The third-order valence-corrected chi connectivity index (χ3v) is 2.80. The Balaban J connectivity index is 2.12. The minimum atomic E-state index is -0.393. The number of aromatic nitrogens is 2. The van der Waals surface area contributed by atoms with E-state index in [-0.39, 0.29) is 0 Å². The molecule has 1 fully saturated rings. The summed E-state index contributed by atoms with van der Waals surface area (Å²) in [7, 11) is 0. The first-order valence-electron chi connectivity index (χ1n) is 4.99. The van der Waals surface area contributed by atoms with Crippen LogP contribution in [0.1, 0.15) is 50.3 Å². The van der Waals surface area contributed by atoms with Crippen LogP contribution in [0, 0.1) is 0 Å². The Morgan fingerprint density at radius 2 is 2.23 bits per heavy atom. The van der Waals surface area contributed by atoms with Crippen molar-refractivity contribution in [2.45, 2.75) is 44.8 Å². The molecule has 0 bridgehead atoms. The van der Waals surface area contributed by atoms with E-state index in [1.54, 1.807) is 13.1 Å². The highest BCUT2D eigenvalue weighted by atomic mass is 16.3. The smallest absolute Gasteiger partial charge is 0.0792 e. The van der Waals surface area contributed by atoms with E-state index >= 15 is 0 Å². The van der Waals surface area contributed by atoms with E-state index < -0.39 is 6.10 Å². The van der Waals surface area contributed by atoms with Crippen LogP contribution in [0.3, 0.4) is 0 Å². The summed E-state index contributed by atoms with van der Waals surface area (Å²) in [6.45, 7) is 1.77. The molecule has 1 aliphatic rings. The van der Waals surface area contributed by atoms with Gasteiger partial charge >= 0.3 is 0 Å². The third-order valence-electron chi connectivity index (χ3n) is 2.80. The van der Waals surface area contributed by atoms with Crippen molar-refractivity contribution in [3.8, 4) is 0 Å². The minimum Gasteiger partial charge on any atom is -0.389 e. The Kier molecular flexibility index (Phi) is 2.36. The zero-order valence-corrected chi connectivity index (χ0v) is 7.98. The molecule has 1 atom stereocenters. The molecule has 0 spiro atoms. The van der Waals surface area contributed by atoms with Gasteiger partial charge in [-0.1, -0.05) is 12.8 Å². The van der Waals surface area contributed by atoms with Crippen molar-refractivity contribution in [1.82, 2.24) is 9.78 Å². The molecule has 0 aromatic carbocycles. The molecule has 0 amide bonds. The lowest BCUT2D eigenvalue weighted by Crippen LogP contribution is -2.04. The minimum absolute atomic E-state index is 0.393. The SMILES string of the molecule is CC(O)c1cnn(C2CCCC2)c1. The molecular formula is C10H16N2O. The Hall–Kier alpha value is -0.830. The van der Waals surface area contributed by atoms with E-state index in [1.807, 2.05) is 10.9 Å². The molecule has 0 radical (unpaired) electrons. The predicted molar refractivity (Wildman–Crippen MR) is 50.4 cm³/mol. The van der Waals surface area contributed by atoms with Gasteiger partial charge in [0.25, 0.3) is 0 Å². The average Bonchev–Trinajstić information content (AvgIpc) is 2.75. The first-order valence-corrected chi connectivity index (χ1v) is 4.99. The number of nitrogens with zero attached hydrogens (tertiary/aromatic N) is 2. The first-order chi connectivity index (χ1) is 6.27. The lowest BCUT2D eigenvalue weighted by Gasteiger charge is -2.08. The number of rotatable bonds is 2. The zero-order chi connectivity index (χ0) is 9.26. The number of hydrogen-bond donors (Lipinski definition) is 1. The summed E-state index contributed by atoms with van der Waals surface area (Å²) in [5, 5.41) is 13.6. The van der Waals surface area contributed by atoms with Crippen LogP contribution in [-0.2, 0) is 0 Å². The second-order valence-electron chi connectivity index (χ2n) is 3.87. The summed E-state index contributed by atoms with van der Waals surface area (Å²) in [4.78, 5) is 0. The summed E-state index contributed by atoms with van der Waals surface area (Å²) < 4.78 is 2.01. The van der Waals surface area contributed by atoms with Gasteiger partial charge < -0.3 is 5.11 Å². The molecule has 1 unspecified atom stereocenters. The fraction of sp³-hybridized carbons (Fsp3) is 0.700. The molecule has 1 saturated carbocycles. The van der Waals surface area contributed by atoms with Crippen LogP contribution in [0.15, 0.2) is 12.4 Å². The number of aliphatic hydroxyl groups excluding tert-OH is 1. The highest BCUT2D eigenvalue weighted by molar-refractivity contribution is 5.07. The van der Waals surface area contributed by atoms with Crippen molar-refractivity contribution in [3.63, 3.8) is 0 Å². The summed E-state index contributed by atoms with van der Waals surface area (Å²) in [6.07, 6.45) is 8.45. The molecule has 1 heterocycles. The fourth-order valence-electron chi connectivity index (χ4n) is 1.94. The van der Waals surface area contributed by atoms with E-state index in [9.17, 15) is 5.11 Å². The monoisotopic (exact) mass is 180 g/mol. The van der Waals surface area contributed by atoms with Crippen LogP contribution in [0.5, 0.6) is 0 Å². The van der Waals surface area contributed by atoms with Gasteiger partial charge in [-0.15, -0.1) is 0 Å². The fourth-order valence-corrected chi connectivity index (χ4v) is 1.94. The molecule has 72 valence electrons. The molecule has 1 N–H and O–H groups in total. The van der Waals surface area contributed by atoms with Gasteiger partial charge in [0.1, 0.15) is 0 Å². The molecule has 2 rings (SSSR count). The molecule has 0 saturated heterocycles. The van der Waals surface area contributed by atoms with Gasteiger partial charge in [-0.2, -0.15) is 5.10 Å². The second-order valence-corrected chi connectivity index (χ2v) is 3.87. The standard InChI is InChI=1S/C10H16N2O/c1-8(13)9-6-11-12(7-9)10-4-2-3-5-10/h6-8,10,13H,2-5H2,1H3. The predicted octanol–water partition coefficient (Wildman–Crippen LogP) is 2.05. The van der Waals surface area contributed by atoms with Crippen LogP contribution >= 0.6 is 0 Å². The van der Waals surface area contributed by atoms with Gasteiger partial charge in [0, 0.05) is 11.8 Å². The summed E-state index contributed by atoms with van der Waals surface area (Å²) in [5.74, 6) is 0. The van der Waals surface area contributed by atoms with Gasteiger partial charge in [-0.3, -0.25) is 4.68 Å². The Labute approximate surface area is 78.4 Å². The maximum Gasteiger partial charge on any atom is 0.0792 e. The maximum atomic E-state index is 9.33. The Morgan fingerprint density at radius 3 is 2.77 bits per heavy atom. The van der Waals surface area contributed by atoms with E-state index in [0.717, 1.165) is 5.56 Å². The molecule has 3 nitrogen and oxygen atoms in total. The Morgan fingerprint density at radius 1 is 1.54 bits per heavy atom. The maximum absolute atomic E-state index is 9.33. The second kappa shape index (κ2) is 3.50. The van der Waals surface area contributed by atoms with E-state index in [0.29, 0.717) is 6.04 Å². The van der Waals surface area contributed by atoms with Crippen LogP contribution in [0.2, 0.25) is 0 Å². The van der Waals surface area contributed by atoms with Gasteiger partial charge in [-0.25, -0.2) is 0 Å². The van der Waals surface area contributed by atoms with Crippen LogP contribution in [0.4, 0.5) is 0 Å². The summed E-state index contributed by atoms with van der Waals surface area (Å²) >= 11 is 0. The van der Waals surface area contributed by atoms with Gasteiger partial charge in [0.15, 0.2) is 0 Å². The van der Waals surface area contributed by atoms with Crippen molar-refractivity contribution < 1.29 is 5.11 Å². The van der Waals surface area contributed by atoms with Gasteiger partial charge in [0.05, 0.1) is 18.3 Å². The molecule has 1 aliphatic carbocycles. The zero-order valence-electron chi connectivity index (χ0n) is 7.98. The van der Waals surface area contributed by atoms with Gasteiger partial charge in [0.2, 0.25) is 0 Å². The molecule has 0 aliphatic heterocycles. The van der Waals surface area contributed by atoms with Gasteiger partial charge in [-0.05, 0) is 19.8 Å². The largest absolute Gasteiger partial charge is 0.389 e.